The average Bonchev–Trinajstić information content (AvgIpc) is 2.17. The third kappa shape index (κ3) is 2.04. The minimum absolute atomic E-state index is 1.03. The van der Waals surface area contributed by atoms with Crippen LogP contribution in [-0.2, 0) is 0 Å². The SMILES string of the molecule is CCBC1CCC(C)C1. The molecule has 0 nitrogen and oxygen atoms in total. The number of hydrogen-bond acceptors (Lipinski definition) is 0. The van der Waals surface area contributed by atoms with Crippen LogP contribution >= 0.6 is 0 Å². The zero-order valence-corrected chi connectivity index (χ0v) is 6.69. The first-order valence-electron chi connectivity index (χ1n) is 4.33. The Labute approximate surface area is 59.3 Å². The molecule has 0 aromatic heterocycles. The standard InChI is InChI=1S/C8H17B/c1-3-9-8-5-4-7(2)6-8/h7-9H,3-6H2,1-2H3. The van der Waals surface area contributed by atoms with E-state index in [2.05, 4.69) is 13.8 Å². The van der Waals surface area contributed by atoms with Gasteiger partial charge in [0.15, 0.2) is 0 Å². The second kappa shape index (κ2) is 3.29. The summed E-state index contributed by atoms with van der Waals surface area (Å²) >= 11 is 0. The molecule has 0 aromatic carbocycles. The molecule has 0 aliphatic heterocycles. The highest BCUT2D eigenvalue weighted by atomic mass is 14.2. The molecule has 0 heterocycles. The first-order chi connectivity index (χ1) is 4.33. The maximum Gasteiger partial charge on any atom is 0.123 e. The van der Waals surface area contributed by atoms with Gasteiger partial charge in [0.1, 0.15) is 7.28 Å². The van der Waals surface area contributed by atoms with Crippen LogP contribution in [0.2, 0.25) is 12.1 Å². The van der Waals surface area contributed by atoms with Crippen LogP contribution < -0.4 is 0 Å². The highest BCUT2D eigenvalue weighted by Gasteiger charge is 2.20. The van der Waals surface area contributed by atoms with E-state index in [1.807, 2.05) is 0 Å². The summed E-state index contributed by atoms with van der Waals surface area (Å²) in [6.07, 6.45) is 5.89. The summed E-state index contributed by atoms with van der Waals surface area (Å²) in [6.45, 7) is 4.68. The first kappa shape index (κ1) is 7.18. The molecule has 0 N–H and O–H groups in total. The van der Waals surface area contributed by atoms with Crippen molar-refractivity contribution in [2.24, 2.45) is 5.92 Å². The van der Waals surface area contributed by atoms with Gasteiger partial charge < -0.3 is 0 Å². The second-order valence-corrected chi connectivity index (χ2v) is 3.57. The molecule has 1 heteroatoms. The van der Waals surface area contributed by atoms with Crippen LogP contribution in [-0.4, -0.2) is 7.28 Å². The van der Waals surface area contributed by atoms with E-state index in [-0.39, 0.29) is 0 Å². The summed E-state index contributed by atoms with van der Waals surface area (Å²) in [7, 11) is 1.48. The molecule has 52 valence electrons. The Morgan fingerprint density at radius 1 is 1.44 bits per heavy atom. The maximum absolute atomic E-state index is 2.38. The van der Waals surface area contributed by atoms with Gasteiger partial charge in [-0.25, -0.2) is 0 Å². The van der Waals surface area contributed by atoms with Crippen LogP contribution in [0.15, 0.2) is 0 Å². The van der Waals surface area contributed by atoms with Crippen molar-refractivity contribution in [3.05, 3.63) is 0 Å². The van der Waals surface area contributed by atoms with Crippen molar-refractivity contribution >= 4 is 7.28 Å². The van der Waals surface area contributed by atoms with Crippen molar-refractivity contribution in [3.63, 3.8) is 0 Å². The predicted octanol–water partition coefficient (Wildman–Crippen LogP) is 2.47. The number of hydrogen-bond donors (Lipinski definition) is 0. The molecule has 0 aromatic rings. The van der Waals surface area contributed by atoms with Gasteiger partial charge in [0.2, 0.25) is 0 Å². The van der Waals surface area contributed by atoms with Crippen LogP contribution in [0.4, 0.5) is 0 Å². The summed E-state index contributed by atoms with van der Waals surface area (Å²) in [6, 6.07) is 0. The summed E-state index contributed by atoms with van der Waals surface area (Å²) in [5, 5.41) is 0. The highest BCUT2D eigenvalue weighted by Crippen LogP contribution is 2.34. The zero-order valence-electron chi connectivity index (χ0n) is 6.69. The minimum Gasteiger partial charge on any atom is -0.0800 e. The molecule has 9 heavy (non-hydrogen) atoms. The lowest BCUT2D eigenvalue weighted by molar-refractivity contribution is 0.611. The molecule has 0 amide bonds. The molecule has 1 fully saturated rings. The van der Waals surface area contributed by atoms with Crippen molar-refractivity contribution in [3.8, 4) is 0 Å². The van der Waals surface area contributed by atoms with Crippen molar-refractivity contribution in [1.82, 2.24) is 0 Å². The average molecular weight is 124 g/mol. The monoisotopic (exact) mass is 124 g/mol. The molecular formula is C8H17B. The zero-order chi connectivity index (χ0) is 6.69. The van der Waals surface area contributed by atoms with Gasteiger partial charge >= 0.3 is 0 Å². The Bertz CT molecular complexity index is 78.6. The van der Waals surface area contributed by atoms with Crippen molar-refractivity contribution in [2.75, 3.05) is 0 Å². The van der Waals surface area contributed by atoms with Crippen molar-refractivity contribution in [1.29, 1.82) is 0 Å². The van der Waals surface area contributed by atoms with Crippen LogP contribution in [0.5, 0.6) is 0 Å². The Hall–Kier alpha value is 0.0649. The van der Waals surface area contributed by atoms with Gasteiger partial charge in [0.25, 0.3) is 0 Å². The van der Waals surface area contributed by atoms with Gasteiger partial charge in [0.05, 0.1) is 0 Å². The lowest BCUT2D eigenvalue weighted by Gasteiger charge is -2.03. The van der Waals surface area contributed by atoms with Crippen LogP contribution in [0, 0.1) is 5.92 Å². The molecule has 2 atom stereocenters. The molecule has 1 rings (SSSR count). The smallest absolute Gasteiger partial charge is 0.0800 e. The molecule has 0 bridgehead atoms. The van der Waals surface area contributed by atoms with E-state index in [4.69, 9.17) is 0 Å². The Morgan fingerprint density at radius 2 is 2.22 bits per heavy atom. The molecule has 0 spiro atoms. The lowest BCUT2D eigenvalue weighted by Crippen LogP contribution is -1.96. The normalized spacial score (nSPS) is 34.9. The largest absolute Gasteiger partial charge is 0.123 e. The van der Waals surface area contributed by atoms with Crippen LogP contribution in [0.3, 0.4) is 0 Å². The summed E-state index contributed by atoms with van der Waals surface area (Å²) in [5.74, 6) is 2.12. The van der Waals surface area contributed by atoms with Gasteiger partial charge in [-0.05, 0) is 5.92 Å². The number of rotatable bonds is 2. The molecule has 2 unspecified atom stereocenters. The van der Waals surface area contributed by atoms with Crippen LogP contribution in [0.1, 0.15) is 33.1 Å². The molecule has 1 aliphatic carbocycles. The van der Waals surface area contributed by atoms with Gasteiger partial charge in [-0.15, -0.1) is 0 Å². The van der Waals surface area contributed by atoms with Crippen molar-refractivity contribution < 1.29 is 0 Å². The van der Waals surface area contributed by atoms with Gasteiger partial charge in [-0.3, -0.25) is 0 Å². The second-order valence-electron chi connectivity index (χ2n) is 3.57. The van der Waals surface area contributed by atoms with E-state index < -0.39 is 0 Å². The van der Waals surface area contributed by atoms with Crippen molar-refractivity contribution in [2.45, 2.75) is 45.2 Å². The van der Waals surface area contributed by atoms with E-state index >= 15 is 0 Å². The van der Waals surface area contributed by atoms with Gasteiger partial charge in [0, 0.05) is 0 Å². The van der Waals surface area contributed by atoms with Gasteiger partial charge in [-0.2, -0.15) is 0 Å². The lowest BCUT2D eigenvalue weighted by atomic mass is 9.61. The fraction of sp³-hybridized carbons (Fsp3) is 1.00. The third-order valence-corrected chi connectivity index (χ3v) is 2.50. The van der Waals surface area contributed by atoms with E-state index in [0.717, 1.165) is 11.7 Å². The first-order valence-corrected chi connectivity index (χ1v) is 4.33. The molecule has 1 saturated carbocycles. The predicted molar refractivity (Wildman–Crippen MR) is 44.4 cm³/mol. The van der Waals surface area contributed by atoms with E-state index in [1.54, 1.807) is 0 Å². The molecule has 1 aliphatic rings. The quantitative estimate of drug-likeness (QED) is 0.496. The van der Waals surface area contributed by atoms with E-state index in [1.165, 1.54) is 32.9 Å². The molecular weight excluding hydrogens is 107 g/mol. The van der Waals surface area contributed by atoms with E-state index in [9.17, 15) is 0 Å². The van der Waals surface area contributed by atoms with Crippen LogP contribution in [0.25, 0.3) is 0 Å². The Kier molecular flexibility index (Phi) is 2.62. The van der Waals surface area contributed by atoms with E-state index in [0.29, 0.717) is 0 Å². The fourth-order valence-corrected chi connectivity index (χ4v) is 2.00. The summed E-state index contributed by atoms with van der Waals surface area (Å²) < 4.78 is 0. The highest BCUT2D eigenvalue weighted by molar-refractivity contribution is 6.37. The summed E-state index contributed by atoms with van der Waals surface area (Å²) in [5.41, 5.74) is 0. The molecule has 0 saturated heterocycles. The maximum atomic E-state index is 2.38. The third-order valence-electron chi connectivity index (χ3n) is 2.50. The summed E-state index contributed by atoms with van der Waals surface area (Å²) in [4.78, 5) is 0. The molecule has 0 radical (unpaired) electrons. The Balaban J connectivity index is 2.14. The minimum atomic E-state index is 1.03. The topological polar surface area (TPSA) is 0 Å². The van der Waals surface area contributed by atoms with Gasteiger partial charge in [-0.1, -0.05) is 45.2 Å². The Morgan fingerprint density at radius 3 is 2.67 bits per heavy atom. The fourth-order valence-electron chi connectivity index (χ4n) is 2.00.